The Kier molecular flexibility index (Phi) is 4.49. The van der Waals surface area contributed by atoms with Gasteiger partial charge >= 0.3 is 6.03 Å². The minimum absolute atomic E-state index is 0. The van der Waals surface area contributed by atoms with Crippen LogP contribution < -0.4 is 10.6 Å². The number of benzene rings is 2. The first kappa shape index (κ1) is 16.7. The Morgan fingerprint density at radius 1 is 1.04 bits per heavy atom. The van der Waals surface area contributed by atoms with Crippen LogP contribution in [0.1, 0.15) is 5.89 Å². The molecule has 2 N–H and O–H groups in total. The Morgan fingerprint density at radius 2 is 1.88 bits per heavy atom. The highest BCUT2D eigenvalue weighted by Crippen LogP contribution is 2.21. The lowest BCUT2D eigenvalue weighted by atomic mass is 10.2. The van der Waals surface area contributed by atoms with Crippen molar-refractivity contribution in [1.29, 1.82) is 0 Å². The van der Waals surface area contributed by atoms with E-state index in [0.717, 1.165) is 16.4 Å². The van der Waals surface area contributed by atoms with E-state index >= 15 is 0 Å². The number of rotatable bonds is 2. The number of nitrogens with zero attached hydrogens (tertiary/aromatic N) is 3. The van der Waals surface area contributed by atoms with Crippen LogP contribution in [0.3, 0.4) is 0 Å². The first-order chi connectivity index (χ1) is 11.7. The molecule has 4 rings (SSSR count). The summed E-state index contributed by atoms with van der Waals surface area (Å²) in [6, 6.07) is 12.4. The fourth-order valence-electron chi connectivity index (χ4n) is 2.49. The molecule has 0 saturated heterocycles. The molecular formula is C17H14ClN5O2. The van der Waals surface area contributed by atoms with Crippen LogP contribution in [0.5, 0.6) is 0 Å². The van der Waals surface area contributed by atoms with Gasteiger partial charge in [-0.1, -0.05) is 12.1 Å². The molecular weight excluding hydrogens is 342 g/mol. The van der Waals surface area contributed by atoms with Gasteiger partial charge in [0, 0.05) is 24.1 Å². The number of anilines is 2. The van der Waals surface area contributed by atoms with Gasteiger partial charge in [0.2, 0.25) is 0 Å². The third-order valence-electron chi connectivity index (χ3n) is 3.53. The van der Waals surface area contributed by atoms with Gasteiger partial charge in [-0.15, -0.1) is 12.4 Å². The number of halogens is 1. The van der Waals surface area contributed by atoms with Crippen LogP contribution in [0, 0.1) is 6.92 Å². The zero-order chi connectivity index (χ0) is 16.5. The first-order valence-corrected chi connectivity index (χ1v) is 7.34. The quantitative estimate of drug-likeness (QED) is 0.563. The Balaban J connectivity index is 0.00000182. The van der Waals surface area contributed by atoms with Gasteiger partial charge in [-0.05, 0) is 24.3 Å². The van der Waals surface area contributed by atoms with Crippen molar-refractivity contribution in [2.45, 2.75) is 6.92 Å². The standard InChI is InChI=1S/C17H13N5O2.ClH/c1-10-20-14-7-6-11(8-15(14)24-10)21-17(23)22-16-12-4-2-3-5-13(12)18-9-19-16;/h2-9H,1H3,(H2,18,19,21,22,23);1H. The lowest BCUT2D eigenvalue weighted by molar-refractivity contribution is 0.262. The Labute approximate surface area is 148 Å². The van der Waals surface area contributed by atoms with Crippen molar-refractivity contribution >= 4 is 51.9 Å². The first-order valence-electron chi connectivity index (χ1n) is 7.34. The van der Waals surface area contributed by atoms with E-state index in [1.807, 2.05) is 24.3 Å². The van der Waals surface area contributed by atoms with E-state index in [9.17, 15) is 4.79 Å². The Morgan fingerprint density at radius 3 is 2.76 bits per heavy atom. The summed E-state index contributed by atoms with van der Waals surface area (Å²) in [5.41, 5.74) is 2.74. The molecule has 7 nitrogen and oxygen atoms in total. The maximum atomic E-state index is 12.2. The second kappa shape index (κ2) is 6.74. The number of fused-ring (bicyclic) bond motifs is 2. The number of para-hydroxylation sites is 1. The Bertz CT molecular complexity index is 1060. The largest absolute Gasteiger partial charge is 0.441 e. The third-order valence-corrected chi connectivity index (χ3v) is 3.53. The van der Waals surface area contributed by atoms with E-state index in [-0.39, 0.29) is 12.4 Å². The van der Waals surface area contributed by atoms with Gasteiger partial charge < -0.3 is 9.73 Å². The van der Waals surface area contributed by atoms with E-state index in [4.69, 9.17) is 4.42 Å². The normalized spacial score (nSPS) is 10.4. The minimum Gasteiger partial charge on any atom is -0.441 e. The van der Waals surface area contributed by atoms with Gasteiger partial charge in [0.25, 0.3) is 0 Å². The number of hydrogen-bond acceptors (Lipinski definition) is 5. The van der Waals surface area contributed by atoms with Crippen LogP contribution in [0.4, 0.5) is 16.3 Å². The van der Waals surface area contributed by atoms with Gasteiger partial charge in [0.05, 0.1) is 5.52 Å². The summed E-state index contributed by atoms with van der Waals surface area (Å²) < 4.78 is 5.46. The number of nitrogens with one attached hydrogen (secondary N) is 2. The van der Waals surface area contributed by atoms with Gasteiger partial charge in [-0.3, -0.25) is 5.32 Å². The summed E-state index contributed by atoms with van der Waals surface area (Å²) in [7, 11) is 0. The molecule has 0 fully saturated rings. The molecule has 4 aromatic rings. The monoisotopic (exact) mass is 355 g/mol. The van der Waals surface area contributed by atoms with Crippen molar-refractivity contribution in [2.24, 2.45) is 0 Å². The lowest BCUT2D eigenvalue weighted by Gasteiger charge is -2.08. The maximum absolute atomic E-state index is 12.2. The number of hydrogen-bond donors (Lipinski definition) is 2. The van der Waals surface area contributed by atoms with E-state index in [0.29, 0.717) is 23.0 Å². The molecule has 0 saturated carbocycles. The van der Waals surface area contributed by atoms with Gasteiger partial charge in [-0.2, -0.15) is 0 Å². The molecule has 2 heterocycles. The lowest BCUT2D eigenvalue weighted by Crippen LogP contribution is -2.20. The summed E-state index contributed by atoms with van der Waals surface area (Å²) in [5, 5.41) is 6.27. The van der Waals surface area contributed by atoms with Gasteiger partial charge in [-0.25, -0.2) is 19.7 Å². The van der Waals surface area contributed by atoms with Crippen molar-refractivity contribution in [2.75, 3.05) is 10.6 Å². The molecule has 126 valence electrons. The highest BCUT2D eigenvalue weighted by Gasteiger charge is 2.09. The van der Waals surface area contributed by atoms with Crippen molar-refractivity contribution in [3.05, 3.63) is 54.7 Å². The van der Waals surface area contributed by atoms with Crippen molar-refractivity contribution in [1.82, 2.24) is 15.0 Å². The van der Waals surface area contributed by atoms with Crippen LogP contribution in [0.15, 0.2) is 53.2 Å². The molecule has 0 bridgehead atoms. The van der Waals surface area contributed by atoms with Crippen molar-refractivity contribution in [3.63, 3.8) is 0 Å². The van der Waals surface area contributed by atoms with E-state index in [1.165, 1.54) is 6.33 Å². The average Bonchev–Trinajstić information content (AvgIpc) is 2.94. The summed E-state index contributed by atoms with van der Waals surface area (Å²) in [5.74, 6) is 1.04. The molecule has 25 heavy (non-hydrogen) atoms. The molecule has 0 unspecified atom stereocenters. The summed E-state index contributed by atoms with van der Waals surface area (Å²) in [4.78, 5) is 24.8. The smallest absolute Gasteiger partial charge is 0.324 e. The second-order valence-corrected chi connectivity index (χ2v) is 5.23. The zero-order valence-electron chi connectivity index (χ0n) is 13.2. The predicted molar refractivity (Wildman–Crippen MR) is 98.2 cm³/mol. The molecule has 0 aliphatic rings. The number of amides is 2. The minimum atomic E-state index is -0.394. The van der Waals surface area contributed by atoms with Gasteiger partial charge in [0.15, 0.2) is 11.5 Å². The van der Waals surface area contributed by atoms with Gasteiger partial charge in [0.1, 0.15) is 17.7 Å². The van der Waals surface area contributed by atoms with Crippen LogP contribution in [-0.2, 0) is 0 Å². The fourth-order valence-corrected chi connectivity index (χ4v) is 2.49. The Hall–Kier alpha value is -3.19. The number of oxazole rings is 1. The fraction of sp³-hybridized carbons (Fsp3) is 0.0588. The summed E-state index contributed by atoms with van der Waals surface area (Å²) in [6.07, 6.45) is 1.42. The van der Waals surface area contributed by atoms with Crippen LogP contribution in [0.2, 0.25) is 0 Å². The van der Waals surface area contributed by atoms with Crippen LogP contribution in [-0.4, -0.2) is 21.0 Å². The van der Waals surface area contributed by atoms with E-state index in [2.05, 4.69) is 25.6 Å². The number of aryl methyl sites for hydroxylation is 1. The van der Waals surface area contributed by atoms with E-state index in [1.54, 1.807) is 25.1 Å². The molecule has 0 radical (unpaired) electrons. The SMILES string of the molecule is Cc1nc2ccc(NC(=O)Nc3ncnc4ccccc34)cc2o1.Cl. The topological polar surface area (TPSA) is 92.9 Å². The predicted octanol–water partition coefficient (Wildman–Crippen LogP) is 4.15. The number of carbonyl (C=O) groups is 1. The zero-order valence-corrected chi connectivity index (χ0v) is 14.0. The molecule has 2 aromatic heterocycles. The molecule has 8 heteroatoms. The van der Waals surface area contributed by atoms with E-state index < -0.39 is 6.03 Å². The molecule has 0 aliphatic heterocycles. The highest BCUT2D eigenvalue weighted by atomic mass is 35.5. The number of urea groups is 1. The van der Waals surface area contributed by atoms with Crippen LogP contribution >= 0.6 is 12.4 Å². The maximum Gasteiger partial charge on any atom is 0.324 e. The third kappa shape index (κ3) is 3.36. The molecule has 0 atom stereocenters. The number of carbonyl (C=O) groups excluding carboxylic acids is 1. The van der Waals surface area contributed by atoms with Crippen molar-refractivity contribution < 1.29 is 9.21 Å². The average molecular weight is 356 g/mol. The summed E-state index contributed by atoms with van der Waals surface area (Å²) >= 11 is 0. The molecule has 0 spiro atoms. The second-order valence-electron chi connectivity index (χ2n) is 5.23. The van der Waals surface area contributed by atoms with Crippen LogP contribution in [0.25, 0.3) is 22.0 Å². The summed E-state index contributed by atoms with van der Waals surface area (Å²) in [6.45, 7) is 1.78. The number of aromatic nitrogens is 3. The molecule has 0 aliphatic carbocycles. The molecule has 2 amide bonds. The highest BCUT2D eigenvalue weighted by molar-refractivity contribution is 6.04. The van der Waals surface area contributed by atoms with Crippen molar-refractivity contribution in [3.8, 4) is 0 Å². The molecule has 2 aromatic carbocycles.